The molecule has 0 unspecified atom stereocenters. The number of nitrogens with zero attached hydrogens (tertiary/aromatic N) is 1. The van der Waals surface area contributed by atoms with E-state index in [1.807, 2.05) is 18.2 Å². The van der Waals surface area contributed by atoms with Gasteiger partial charge in [-0.15, -0.1) is 19.7 Å². The van der Waals surface area contributed by atoms with E-state index in [-0.39, 0.29) is 5.54 Å². The standard InChI is InChI=1S/C11H19N/c1-6-9-11(8-3,10-7-2)12(4)5/h6-8H,1-3,9-10H2,4-5H3. The fraction of sp³-hybridized carbons (Fsp3) is 0.455. The van der Waals surface area contributed by atoms with Crippen molar-refractivity contribution in [1.29, 1.82) is 0 Å². The second kappa shape index (κ2) is 4.94. The van der Waals surface area contributed by atoms with Gasteiger partial charge < -0.3 is 0 Å². The minimum Gasteiger partial charge on any atom is -0.300 e. The van der Waals surface area contributed by atoms with Gasteiger partial charge in [0.25, 0.3) is 0 Å². The average molecular weight is 165 g/mol. The van der Waals surface area contributed by atoms with E-state index >= 15 is 0 Å². The third-order valence-corrected chi connectivity index (χ3v) is 2.27. The normalized spacial score (nSPS) is 11.2. The Balaban J connectivity index is 4.59. The summed E-state index contributed by atoms with van der Waals surface area (Å²) >= 11 is 0. The van der Waals surface area contributed by atoms with Crippen LogP contribution >= 0.6 is 0 Å². The Morgan fingerprint density at radius 3 is 1.67 bits per heavy atom. The summed E-state index contributed by atoms with van der Waals surface area (Å²) < 4.78 is 0. The molecule has 0 N–H and O–H groups in total. The average Bonchev–Trinajstić information content (AvgIpc) is 2.03. The first-order valence-corrected chi connectivity index (χ1v) is 4.16. The lowest BCUT2D eigenvalue weighted by Crippen LogP contribution is -2.41. The van der Waals surface area contributed by atoms with Crippen LogP contribution in [0.5, 0.6) is 0 Å². The van der Waals surface area contributed by atoms with Crippen molar-refractivity contribution in [1.82, 2.24) is 4.90 Å². The Kier molecular flexibility index (Phi) is 4.60. The third-order valence-electron chi connectivity index (χ3n) is 2.27. The lowest BCUT2D eigenvalue weighted by Gasteiger charge is -2.35. The largest absolute Gasteiger partial charge is 0.300 e. The Morgan fingerprint density at radius 1 is 1.08 bits per heavy atom. The molecule has 0 aromatic heterocycles. The number of hydrogen-bond donors (Lipinski definition) is 0. The molecule has 1 nitrogen and oxygen atoms in total. The maximum atomic E-state index is 3.85. The summed E-state index contributed by atoms with van der Waals surface area (Å²) in [5.41, 5.74) is 0.00347. The zero-order chi connectivity index (χ0) is 9.61. The van der Waals surface area contributed by atoms with Crippen LogP contribution in [0.3, 0.4) is 0 Å². The van der Waals surface area contributed by atoms with Crippen molar-refractivity contribution in [3.05, 3.63) is 38.0 Å². The molecule has 0 saturated heterocycles. The Labute approximate surface area is 76.1 Å². The van der Waals surface area contributed by atoms with Crippen LogP contribution < -0.4 is 0 Å². The van der Waals surface area contributed by atoms with E-state index in [9.17, 15) is 0 Å². The zero-order valence-corrected chi connectivity index (χ0v) is 8.21. The van der Waals surface area contributed by atoms with E-state index in [0.717, 1.165) is 12.8 Å². The van der Waals surface area contributed by atoms with Gasteiger partial charge in [-0.2, -0.15) is 0 Å². The number of hydrogen-bond acceptors (Lipinski definition) is 1. The maximum absolute atomic E-state index is 3.85. The molecule has 0 saturated carbocycles. The van der Waals surface area contributed by atoms with Gasteiger partial charge in [0.2, 0.25) is 0 Å². The summed E-state index contributed by atoms with van der Waals surface area (Å²) in [6, 6.07) is 0. The molecular formula is C11H19N. The van der Waals surface area contributed by atoms with Crippen molar-refractivity contribution < 1.29 is 0 Å². The van der Waals surface area contributed by atoms with Gasteiger partial charge in [-0.25, -0.2) is 0 Å². The SMILES string of the molecule is C=CCC(C=C)(CC=C)N(C)C. The predicted molar refractivity (Wildman–Crippen MR) is 56.2 cm³/mol. The van der Waals surface area contributed by atoms with Gasteiger partial charge in [0.1, 0.15) is 0 Å². The summed E-state index contributed by atoms with van der Waals surface area (Å²) in [6.07, 6.45) is 7.64. The highest BCUT2D eigenvalue weighted by Gasteiger charge is 2.25. The fourth-order valence-corrected chi connectivity index (χ4v) is 1.30. The molecule has 0 amide bonds. The molecule has 12 heavy (non-hydrogen) atoms. The Bertz CT molecular complexity index is 158. The topological polar surface area (TPSA) is 3.24 Å². The van der Waals surface area contributed by atoms with Crippen molar-refractivity contribution in [3.63, 3.8) is 0 Å². The smallest absolute Gasteiger partial charge is 0.0451 e. The van der Waals surface area contributed by atoms with Gasteiger partial charge in [0.05, 0.1) is 0 Å². The number of rotatable bonds is 6. The summed E-state index contributed by atoms with van der Waals surface area (Å²) in [5.74, 6) is 0. The van der Waals surface area contributed by atoms with Gasteiger partial charge in [0.15, 0.2) is 0 Å². The first kappa shape index (κ1) is 11.2. The Hall–Kier alpha value is -0.820. The van der Waals surface area contributed by atoms with Crippen molar-refractivity contribution in [2.24, 2.45) is 0 Å². The van der Waals surface area contributed by atoms with Crippen LogP contribution in [0.1, 0.15) is 12.8 Å². The molecule has 0 aliphatic rings. The minimum atomic E-state index is 0.00347. The molecule has 0 aromatic rings. The molecule has 0 aromatic carbocycles. The molecule has 0 aliphatic heterocycles. The van der Waals surface area contributed by atoms with Gasteiger partial charge in [-0.1, -0.05) is 18.2 Å². The summed E-state index contributed by atoms with van der Waals surface area (Å²) in [6.45, 7) is 11.4. The summed E-state index contributed by atoms with van der Waals surface area (Å²) in [5, 5.41) is 0. The molecule has 0 heterocycles. The van der Waals surface area contributed by atoms with Gasteiger partial charge >= 0.3 is 0 Å². The second-order valence-electron chi connectivity index (χ2n) is 3.19. The summed E-state index contributed by atoms with van der Waals surface area (Å²) in [4.78, 5) is 2.16. The number of likely N-dealkylation sites (N-methyl/N-ethyl adjacent to an activating group) is 1. The molecule has 1 heteroatoms. The maximum Gasteiger partial charge on any atom is 0.0451 e. The molecule has 0 atom stereocenters. The lowest BCUT2D eigenvalue weighted by molar-refractivity contribution is 0.212. The van der Waals surface area contributed by atoms with Gasteiger partial charge in [-0.3, -0.25) is 4.90 Å². The van der Waals surface area contributed by atoms with Crippen LogP contribution in [0.25, 0.3) is 0 Å². The summed E-state index contributed by atoms with van der Waals surface area (Å²) in [7, 11) is 4.10. The van der Waals surface area contributed by atoms with Crippen LogP contribution in [0.4, 0.5) is 0 Å². The first-order valence-electron chi connectivity index (χ1n) is 4.16. The third kappa shape index (κ3) is 2.35. The first-order chi connectivity index (χ1) is 5.63. The molecule has 0 radical (unpaired) electrons. The molecular weight excluding hydrogens is 146 g/mol. The van der Waals surface area contributed by atoms with Crippen LogP contribution in [0, 0.1) is 0 Å². The fourth-order valence-electron chi connectivity index (χ4n) is 1.30. The van der Waals surface area contributed by atoms with Crippen molar-refractivity contribution in [3.8, 4) is 0 Å². The van der Waals surface area contributed by atoms with Gasteiger partial charge in [0, 0.05) is 5.54 Å². The van der Waals surface area contributed by atoms with E-state index in [0.29, 0.717) is 0 Å². The van der Waals surface area contributed by atoms with Crippen LogP contribution in [-0.2, 0) is 0 Å². The highest BCUT2D eigenvalue weighted by atomic mass is 15.1. The molecule has 68 valence electrons. The molecule has 0 spiro atoms. The lowest BCUT2D eigenvalue weighted by atomic mass is 9.90. The zero-order valence-electron chi connectivity index (χ0n) is 8.21. The molecule has 0 rings (SSSR count). The van der Waals surface area contributed by atoms with E-state index in [1.54, 1.807) is 0 Å². The highest BCUT2D eigenvalue weighted by molar-refractivity contribution is 5.09. The van der Waals surface area contributed by atoms with E-state index in [4.69, 9.17) is 0 Å². The van der Waals surface area contributed by atoms with E-state index < -0.39 is 0 Å². The van der Waals surface area contributed by atoms with Crippen molar-refractivity contribution in [2.75, 3.05) is 14.1 Å². The second-order valence-corrected chi connectivity index (χ2v) is 3.19. The van der Waals surface area contributed by atoms with Crippen molar-refractivity contribution in [2.45, 2.75) is 18.4 Å². The molecule has 0 fully saturated rings. The molecule has 0 bridgehead atoms. The monoisotopic (exact) mass is 165 g/mol. The van der Waals surface area contributed by atoms with E-state index in [1.165, 1.54) is 0 Å². The van der Waals surface area contributed by atoms with Crippen LogP contribution in [-0.4, -0.2) is 24.5 Å². The van der Waals surface area contributed by atoms with Crippen molar-refractivity contribution >= 4 is 0 Å². The minimum absolute atomic E-state index is 0.00347. The Morgan fingerprint density at radius 2 is 1.50 bits per heavy atom. The quantitative estimate of drug-likeness (QED) is 0.547. The molecule has 0 aliphatic carbocycles. The van der Waals surface area contributed by atoms with Crippen LogP contribution in [0.15, 0.2) is 38.0 Å². The predicted octanol–water partition coefficient (Wildman–Crippen LogP) is 2.63. The van der Waals surface area contributed by atoms with E-state index in [2.05, 4.69) is 38.7 Å². The van der Waals surface area contributed by atoms with Crippen LogP contribution in [0.2, 0.25) is 0 Å². The van der Waals surface area contributed by atoms with Gasteiger partial charge in [-0.05, 0) is 26.9 Å². The highest BCUT2D eigenvalue weighted by Crippen LogP contribution is 2.23.